The van der Waals surface area contributed by atoms with Crippen LogP contribution in [-0.2, 0) is 19.1 Å². The van der Waals surface area contributed by atoms with Gasteiger partial charge in [0.2, 0.25) is 5.91 Å². The number of hydrogen-bond donors (Lipinski definition) is 2. The number of esters is 1. The number of para-hydroxylation sites is 1. The van der Waals surface area contributed by atoms with Crippen molar-refractivity contribution in [3.8, 4) is 0 Å². The van der Waals surface area contributed by atoms with Crippen LogP contribution in [0.5, 0.6) is 0 Å². The van der Waals surface area contributed by atoms with Crippen LogP contribution < -0.4 is 10.6 Å². The highest BCUT2D eigenvalue weighted by Gasteiger charge is 2.35. The van der Waals surface area contributed by atoms with Crippen LogP contribution in [0, 0.1) is 0 Å². The van der Waals surface area contributed by atoms with Crippen molar-refractivity contribution >= 4 is 23.5 Å². The Bertz CT molecular complexity index is 586. The molecule has 0 aliphatic carbocycles. The lowest BCUT2D eigenvalue weighted by Gasteiger charge is -2.22. The number of anilines is 1. The van der Waals surface area contributed by atoms with Gasteiger partial charge in [-0.15, -0.1) is 0 Å². The highest BCUT2D eigenvalue weighted by atomic mass is 16.5. The zero-order chi connectivity index (χ0) is 15.6. The fourth-order valence-corrected chi connectivity index (χ4v) is 2.39. The molecule has 7 heteroatoms. The van der Waals surface area contributed by atoms with Crippen LogP contribution in [0.2, 0.25) is 0 Å². The number of carbonyl (C=O) groups is 3. The summed E-state index contributed by atoms with van der Waals surface area (Å²) in [6.45, 7) is 0.784. The molecule has 1 unspecified atom stereocenters. The Kier molecular flexibility index (Phi) is 4.23. The van der Waals surface area contributed by atoms with Gasteiger partial charge in [0, 0.05) is 18.9 Å². The molecule has 0 aromatic heterocycles. The first-order valence-electron chi connectivity index (χ1n) is 6.45. The summed E-state index contributed by atoms with van der Waals surface area (Å²) in [5, 5.41) is 8.98. The van der Waals surface area contributed by atoms with Gasteiger partial charge in [-0.2, -0.15) is 0 Å². The van der Waals surface area contributed by atoms with Gasteiger partial charge in [-0.05, 0) is 6.07 Å². The summed E-state index contributed by atoms with van der Waals surface area (Å²) in [5.41, 5.74) is 6.80. The van der Waals surface area contributed by atoms with Crippen LogP contribution in [0.25, 0.3) is 0 Å². The van der Waals surface area contributed by atoms with E-state index < -0.39 is 36.5 Å². The van der Waals surface area contributed by atoms with Gasteiger partial charge >= 0.3 is 11.9 Å². The maximum Gasteiger partial charge on any atom is 0.323 e. The number of benzene rings is 1. The summed E-state index contributed by atoms with van der Waals surface area (Å²) in [6.07, 6.45) is -0.553. The maximum absolute atomic E-state index is 12.3. The highest BCUT2D eigenvalue weighted by molar-refractivity contribution is 6.01. The van der Waals surface area contributed by atoms with Crippen molar-refractivity contribution in [1.82, 2.24) is 0 Å². The van der Waals surface area contributed by atoms with Crippen LogP contribution >= 0.6 is 0 Å². The molecule has 112 valence electrons. The number of aliphatic carboxylic acids is 1. The first kappa shape index (κ1) is 15.0. The Hall–Kier alpha value is -2.41. The van der Waals surface area contributed by atoms with Crippen molar-refractivity contribution in [2.24, 2.45) is 5.73 Å². The lowest BCUT2D eigenvalue weighted by molar-refractivity contribution is -0.147. The molecule has 0 saturated carbocycles. The molecule has 1 heterocycles. The first-order chi connectivity index (χ1) is 9.90. The molecule has 0 radical (unpaired) electrons. The second kappa shape index (κ2) is 5.92. The van der Waals surface area contributed by atoms with E-state index in [0.29, 0.717) is 11.3 Å². The SMILES string of the molecule is CC(=O)OC1C[C@H](N)C(=O)N(CC(=O)O)c2ccccc21. The number of carbonyl (C=O) groups excluding carboxylic acids is 2. The summed E-state index contributed by atoms with van der Waals surface area (Å²) in [6, 6.07) is 5.80. The minimum atomic E-state index is -1.14. The number of nitrogens with zero attached hydrogens (tertiary/aromatic N) is 1. The predicted molar refractivity (Wildman–Crippen MR) is 73.5 cm³/mol. The molecule has 1 aromatic rings. The van der Waals surface area contributed by atoms with Gasteiger partial charge in [0.1, 0.15) is 12.6 Å². The number of hydrogen-bond acceptors (Lipinski definition) is 5. The molecule has 0 fully saturated rings. The van der Waals surface area contributed by atoms with E-state index in [0.717, 1.165) is 4.90 Å². The van der Waals surface area contributed by atoms with Crippen molar-refractivity contribution in [3.05, 3.63) is 29.8 Å². The minimum absolute atomic E-state index is 0.117. The monoisotopic (exact) mass is 292 g/mol. The van der Waals surface area contributed by atoms with E-state index in [-0.39, 0.29) is 6.42 Å². The second-order valence-corrected chi connectivity index (χ2v) is 4.82. The van der Waals surface area contributed by atoms with Crippen molar-refractivity contribution in [1.29, 1.82) is 0 Å². The molecule has 1 aliphatic rings. The topological polar surface area (TPSA) is 110 Å². The summed E-state index contributed by atoms with van der Waals surface area (Å²) >= 11 is 0. The van der Waals surface area contributed by atoms with Gasteiger partial charge in [-0.3, -0.25) is 19.3 Å². The standard InChI is InChI=1S/C14H16N2O5/c1-8(17)21-12-6-10(15)14(20)16(7-13(18)19)11-5-3-2-4-9(11)12/h2-5,10,12H,6-7,15H2,1H3,(H,18,19)/t10-,12?/m0/s1. The first-order valence-corrected chi connectivity index (χ1v) is 6.45. The second-order valence-electron chi connectivity index (χ2n) is 4.82. The Morgan fingerprint density at radius 1 is 1.43 bits per heavy atom. The number of rotatable bonds is 3. The smallest absolute Gasteiger partial charge is 0.323 e. The number of fused-ring (bicyclic) bond motifs is 1. The fourth-order valence-electron chi connectivity index (χ4n) is 2.39. The van der Waals surface area contributed by atoms with Crippen molar-refractivity contribution < 1.29 is 24.2 Å². The van der Waals surface area contributed by atoms with Crippen LogP contribution in [0.1, 0.15) is 25.0 Å². The lowest BCUT2D eigenvalue weighted by atomic mass is 10.0. The average molecular weight is 292 g/mol. The number of ether oxygens (including phenoxy) is 1. The van der Waals surface area contributed by atoms with Crippen LogP contribution in [-0.4, -0.2) is 35.5 Å². The molecule has 7 nitrogen and oxygen atoms in total. The van der Waals surface area contributed by atoms with Crippen molar-refractivity contribution in [3.63, 3.8) is 0 Å². The molecule has 2 rings (SSSR count). The van der Waals surface area contributed by atoms with Gasteiger partial charge < -0.3 is 15.6 Å². The van der Waals surface area contributed by atoms with Gasteiger partial charge in [0.05, 0.1) is 11.7 Å². The molecule has 0 saturated heterocycles. The number of amides is 1. The Balaban J connectivity index is 2.49. The van der Waals surface area contributed by atoms with E-state index in [9.17, 15) is 14.4 Å². The normalized spacial score (nSPS) is 21.4. The van der Waals surface area contributed by atoms with Crippen LogP contribution in [0.4, 0.5) is 5.69 Å². The van der Waals surface area contributed by atoms with Crippen molar-refractivity contribution in [2.45, 2.75) is 25.5 Å². The third-order valence-corrected chi connectivity index (χ3v) is 3.23. The fraction of sp³-hybridized carbons (Fsp3) is 0.357. The quantitative estimate of drug-likeness (QED) is 0.782. The molecular formula is C14H16N2O5. The molecule has 21 heavy (non-hydrogen) atoms. The van der Waals surface area contributed by atoms with E-state index in [1.165, 1.54) is 6.92 Å². The van der Waals surface area contributed by atoms with Gasteiger partial charge in [0.25, 0.3) is 0 Å². The van der Waals surface area contributed by atoms with E-state index in [1.807, 2.05) is 0 Å². The van der Waals surface area contributed by atoms with Crippen molar-refractivity contribution in [2.75, 3.05) is 11.4 Å². The number of carboxylic acids is 1. The summed E-state index contributed by atoms with van der Waals surface area (Å²) in [7, 11) is 0. The van der Waals surface area contributed by atoms with E-state index in [2.05, 4.69) is 0 Å². The van der Waals surface area contributed by atoms with Gasteiger partial charge in [-0.25, -0.2) is 0 Å². The minimum Gasteiger partial charge on any atom is -0.480 e. The third-order valence-electron chi connectivity index (χ3n) is 3.23. The lowest BCUT2D eigenvalue weighted by Crippen LogP contribution is -2.45. The zero-order valence-corrected chi connectivity index (χ0v) is 11.5. The van der Waals surface area contributed by atoms with Crippen LogP contribution in [0.15, 0.2) is 24.3 Å². The Morgan fingerprint density at radius 2 is 2.10 bits per heavy atom. The Morgan fingerprint density at radius 3 is 2.71 bits per heavy atom. The Labute approximate surface area is 121 Å². The zero-order valence-electron chi connectivity index (χ0n) is 11.5. The highest BCUT2D eigenvalue weighted by Crippen LogP contribution is 2.35. The molecule has 1 amide bonds. The summed E-state index contributed by atoms with van der Waals surface area (Å²) in [5.74, 6) is -2.13. The molecule has 0 spiro atoms. The summed E-state index contributed by atoms with van der Waals surface area (Å²) < 4.78 is 5.22. The predicted octanol–water partition coefficient (Wildman–Crippen LogP) is 0.439. The molecule has 2 atom stereocenters. The largest absolute Gasteiger partial charge is 0.480 e. The number of carboxylic acid groups (broad SMARTS) is 1. The van der Waals surface area contributed by atoms with Gasteiger partial charge in [-0.1, -0.05) is 18.2 Å². The average Bonchev–Trinajstić information content (AvgIpc) is 2.50. The number of nitrogens with two attached hydrogens (primary N) is 1. The van der Waals surface area contributed by atoms with E-state index in [4.69, 9.17) is 15.6 Å². The molecule has 1 aromatic carbocycles. The molecule has 1 aliphatic heterocycles. The summed E-state index contributed by atoms with van der Waals surface area (Å²) in [4.78, 5) is 35.6. The third kappa shape index (κ3) is 3.19. The maximum atomic E-state index is 12.3. The molecular weight excluding hydrogens is 276 g/mol. The van der Waals surface area contributed by atoms with E-state index >= 15 is 0 Å². The van der Waals surface area contributed by atoms with Crippen LogP contribution in [0.3, 0.4) is 0 Å². The van der Waals surface area contributed by atoms with Gasteiger partial charge in [0.15, 0.2) is 0 Å². The molecule has 3 N–H and O–H groups in total. The van der Waals surface area contributed by atoms with E-state index in [1.54, 1.807) is 24.3 Å². The molecule has 0 bridgehead atoms.